The Morgan fingerprint density at radius 1 is 1.19 bits per heavy atom. The normalized spacial score (nSPS) is 15.3. The van der Waals surface area contributed by atoms with Gasteiger partial charge in [-0.3, -0.25) is 9.79 Å². The van der Waals surface area contributed by atoms with Gasteiger partial charge >= 0.3 is 0 Å². The van der Waals surface area contributed by atoms with Crippen molar-refractivity contribution in [1.82, 2.24) is 16.0 Å². The molecule has 0 atom stereocenters. The first-order valence-corrected chi connectivity index (χ1v) is 9.41. The lowest BCUT2D eigenvalue weighted by molar-refractivity contribution is -0.121. The third kappa shape index (κ3) is 8.47. The number of rotatable bonds is 10. The number of nitrogens with zero attached hydrogens (tertiary/aromatic N) is 1. The fraction of sp³-hybridized carbons (Fsp3) is 0.600. The first-order valence-electron chi connectivity index (χ1n) is 9.41. The Kier molecular flexibility index (Phi) is 11.3. The van der Waals surface area contributed by atoms with Gasteiger partial charge in [0, 0.05) is 46.8 Å². The molecule has 1 aliphatic rings. The first kappa shape index (κ1) is 23.7. The molecule has 1 aromatic rings. The topological polar surface area (TPSA) is 74.8 Å². The van der Waals surface area contributed by atoms with E-state index in [1.807, 2.05) is 30.3 Å². The molecular weight excluding hydrogens is 455 g/mol. The minimum absolute atomic E-state index is 0. The van der Waals surface area contributed by atoms with Crippen molar-refractivity contribution in [2.24, 2.45) is 10.4 Å². The van der Waals surface area contributed by atoms with E-state index in [2.05, 4.69) is 20.9 Å². The average Bonchev–Trinajstić information content (AvgIpc) is 2.64. The van der Waals surface area contributed by atoms with E-state index in [0.29, 0.717) is 24.9 Å². The SMILES string of the molecule is CN=C(NCCC(=O)NCc1ccccc1)NCC1(CCOC)CCC1.I. The van der Waals surface area contributed by atoms with Crippen molar-refractivity contribution in [1.29, 1.82) is 0 Å². The van der Waals surface area contributed by atoms with Crippen molar-refractivity contribution in [3.05, 3.63) is 35.9 Å². The lowest BCUT2D eigenvalue weighted by Gasteiger charge is -2.42. The molecule has 0 radical (unpaired) electrons. The van der Waals surface area contributed by atoms with Gasteiger partial charge in [-0.05, 0) is 30.2 Å². The number of halogens is 1. The molecule has 27 heavy (non-hydrogen) atoms. The standard InChI is InChI=1S/C20H32N4O2.HI/c1-21-19(24-16-20(10-6-11-20)12-14-26-2)22-13-9-18(25)23-15-17-7-4-3-5-8-17;/h3-5,7-8H,6,9-16H2,1-2H3,(H,23,25)(H2,21,22,24);1H. The van der Waals surface area contributed by atoms with Crippen LogP contribution in [0.1, 0.15) is 37.7 Å². The van der Waals surface area contributed by atoms with E-state index in [1.54, 1.807) is 14.2 Å². The molecule has 152 valence electrons. The molecule has 1 aliphatic carbocycles. The monoisotopic (exact) mass is 488 g/mol. The summed E-state index contributed by atoms with van der Waals surface area (Å²) < 4.78 is 5.23. The van der Waals surface area contributed by atoms with Crippen LogP contribution in [0.3, 0.4) is 0 Å². The van der Waals surface area contributed by atoms with Gasteiger partial charge in [0.05, 0.1) is 0 Å². The second-order valence-electron chi connectivity index (χ2n) is 6.96. The fourth-order valence-corrected chi connectivity index (χ4v) is 3.18. The van der Waals surface area contributed by atoms with E-state index in [-0.39, 0.29) is 29.9 Å². The number of aliphatic imine (C=N–C) groups is 1. The van der Waals surface area contributed by atoms with Crippen LogP contribution in [0.4, 0.5) is 0 Å². The summed E-state index contributed by atoms with van der Waals surface area (Å²) in [7, 11) is 3.51. The minimum atomic E-state index is 0. The number of hydrogen-bond acceptors (Lipinski definition) is 3. The van der Waals surface area contributed by atoms with Crippen molar-refractivity contribution in [3.8, 4) is 0 Å². The van der Waals surface area contributed by atoms with Crippen LogP contribution in [0.5, 0.6) is 0 Å². The lowest BCUT2D eigenvalue weighted by atomic mass is 9.67. The Balaban J connectivity index is 0.00000364. The number of methoxy groups -OCH3 is 1. The number of carbonyl (C=O) groups is 1. The molecule has 0 heterocycles. The predicted molar refractivity (Wildman–Crippen MR) is 120 cm³/mol. The van der Waals surface area contributed by atoms with E-state index >= 15 is 0 Å². The molecule has 1 saturated carbocycles. The Bertz CT molecular complexity index is 577. The highest BCUT2D eigenvalue weighted by molar-refractivity contribution is 14.0. The summed E-state index contributed by atoms with van der Waals surface area (Å²) in [6, 6.07) is 9.92. The van der Waals surface area contributed by atoms with Gasteiger partial charge in [-0.15, -0.1) is 24.0 Å². The Labute approximate surface area is 179 Å². The van der Waals surface area contributed by atoms with Crippen molar-refractivity contribution in [2.45, 2.75) is 38.6 Å². The van der Waals surface area contributed by atoms with Crippen LogP contribution in [0.25, 0.3) is 0 Å². The number of amides is 1. The summed E-state index contributed by atoms with van der Waals surface area (Å²) in [6.07, 6.45) is 5.27. The van der Waals surface area contributed by atoms with Gasteiger partial charge in [0.25, 0.3) is 0 Å². The maximum atomic E-state index is 12.0. The number of benzene rings is 1. The molecule has 1 aromatic carbocycles. The van der Waals surface area contributed by atoms with E-state index in [0.717, 1.165) is 31.1 Å². The molecule has 0 saturated heterocycles. The van der Waals surface area contributed by atoms with Crippen LogP contribution in [0.2, 0.25) is 0 Å². The maximum Gasteiger partial charge on any atom is 0.222 e. The number of carbonyl (C=O) groups excluding carboxylic acids is 1. The van der Waals surface area contributed by atoms with Gasteiger partial charge in [0.2, 0.25) is 5.91 Å². The molecule has 0 aliphatic heterocycles. The van der Waals surface area contributed by atoms with E-state index in [4.69, 9.17) is 4.74 Å². The zero-order valence-corrected chi connectivity index (χ0v) is 18.8. The molecule has 7 heteroatoms. The van der Waals surface area contributed by atoms with Crippen molar-refractivity contribution >= 4 is 35.8 Å². The zero-order chi connectivity index (χ0) is 18.7. The highest BCUT2D eigenvalue weighted by atomic mass is 127. The largest absolute Gasteiger partial charge is 0.385 e. The van der Waals surface area contributed by atoms with Crippen LogP contribution in [0, 0.1) is 5.41 Å². The van der Waals surface area contributed by atoms with Gasteiger partial charge in [-0.25, -0.2) is 0 Å². The number of ether oxygens (including phenoxy) is 1. The summed E-state index contributed by atoms with van der Waals surface area (Å²) >= 11 is 0. The highest BCUT2D eigenvalue weighted by Crippen LogP contribution is 2.43. The summed E-state index contributed by atoms with van der Waals surface area (Å²) in [5, 5.41) is 9.56. The molecule has 3 N–H and O–H groups in total. The van der Waals surface area contributed by atoms with Crippen LogP contribution in [-0.2, 0) is 16.1 Å². The van der Waals surface area contributed by atoms with Gasteiger partial charge in [-0.1, -0.05) is 36.8 Å². The van der Waals surface area contributed by atoms with E-state index < -0.39 is 0 Å². The quantitative estimate of drug-likeness (QED) is 0.269. The van der Waals surface area contributed by atoms with E-state index in [9.17, 15) is 4.79 Å². The second-order valence-corrected chi connectivity index (χ2v) is 6.96. The molecule has 0 spiro atoms. The van der Waals surface area contributed by atoms with Crippen LogP contribution in [0.15, 0.2) is 35.3 Å². The molecule has 0 unspecified atom stereocenters. The third-order valence-corrected chi connectivity index (χ3v) is 5.08. The van der Waals surface area contributed by atoms with Crippen molar-refractivity contribution < 1.29 is 9.53 Å². The Morgan fingerprint density at radius 2 is 1.93 bits per heavy atom. The summed E-state index contributed by atoms with van der Waals surface area (Å²) in [6.45, 7) is 2.82. The second kappa shape index (κ2) is 12.9. The molecule has 0 bridgehead atoms. The Hall–Kier alpha value is -1.35. The van der Waals surface area contributed by atoms with Gasteiger partial charge in [0.1, 0.15) is 0 Å². The van der Waals surface area contributed by atoms with Crippen LogP contribution in [-0.4, -0.2) is 45.7 Å². The summed E-state index contributed by atoms with van der Waals surface area (Å²) in [5.41, 5.74) is 1.44. The van der Waals surface area contributed by atoms with Crippen molar-refractivity contribution in [3.63, 3.8) is 0 Å². The van der Waals surface area contributed by atoms with Gasteiger partial charge < -0.3 is 20.7 Å². The molecule has 2 rings (SSSR count). The van der Waals surface area contributed by atoms with Crippen molar-refractivity contribution in [2.75, 3.05) is 33.9 Å². The fourth-order valence-electron chi connectivity index (χ4n) is 3.18. The van der Waals surface area contributed by atoms with Crippen LogP contribution >= 0.6 is 24.0 Å². The summed E-state index contributed by atoms with van der Waals surface area (Å²) in [4.78, 5) is 16.2. The first-order chi connectivity index (χ1) is 12.7. The van der Waals surface area contributed by atoms with Crippen LogP contribution < -0.4 is 16.0 Å². The third-order valence-electron chi connectivity index (χ3n) is 5.08. The average molecular weight is 488 g/mol. The molecular formula is C20H33IN4O2. The highest BCUT2D eigenvalue weighted by Gasteiger charge is 2.36. The number of guanidine groups is 1. The molecule has 1 amide bonds. The van der Waals surface area contributed by atoms with Gasteiger partial charge in [0.15, 0.2) is 5.96 Å². The summed E-state index contributed by atoms with van der Waals surface area (Å²) in [5.74, 6) is 0.789. The smallest absolute Gasteiger partial charge is 0.222 e. The zero-order valence-electron chi connectivity index (χ0n) is 16.4. The lowest BCUT2D eigenvalue weighted by Crippen LogP contribution is -2.47. The molecule has 6 nitrogen and oxygen atoms in total. The molecule has 0 aromatic heterocycles. The molecule has 1 fully saturated rings. The minimum Gasteiger partial charge on any atom is -0.385 e. The number of hydrogen-bond donors (Lipinski definition) is 3. The van der Waals surface area contributed by atoms with Gasteiger partial charge in [-0.2, -0.15) is 0 Å². The maximum absolute atomic E-state index is 12.0. The number of nitrogens with one attached hydrogen (secondary N) is 3. The Morgan fingerprint density at radius 3 is 2.52 bits per heavy atom. The van der Waals surface area contributed by atoms with E-state index in [1.165, 1.54) is 19.3 Å². The predicted octanol–water partition coefficient (Wildman–Crippen LogP) is 2.68.